The molecule has 0 aliphatic carbocycles. The molecule has 0 saturated carbocycles. The zero-order chi connectivity index (χ0) is 58.5. The summed E-state index contributed by atoms with van der Waals surface area (Å²) < 4.78 is 71.3. The van der Waals surface area contributed by atoms with Crippen LogP contribution in [-0.4, -0.2) is 341 Å². The Morgan fingerprint density at radius 2 is 0.658 bits per heavy atom. The first-order valence-corrected chi connectivity index (χ1v) is 25.4. The van der Waals surface area contributed by atoms with E-state index in [-0.39, 0.29) is 0 Å². The molecule has 0 aromatic carbocycles. The van der Waals surface area contributed by atoms with Crippen molar-refractivity contribution in [3.8, 4) is 0 Å². The summed E-state index contributed by atoms with van der Waals surface area (Å²) in [7, 11) is 0. The van der Waals surface area contributed by atoms with Crippen molar-refractivity contribution in [2.45, 2.75) is 212 Å². The van der Waals surface area contributed by atoms with Crippen molar-refractivity contribution in [2.75, 3.05) is 52.9 Å². The summed E-state index contributed by atoms with van der Waals surface area (Å²) in [5, 5.41) is 197. The summed E-state index contributed by atoms with van der Waals surface area (Å²) >= 11 is 0. The molecule has 0 aromatic heterocycles. The molecular weight excluding hydrogens is 1080 g/mol. The standard InChI is InChI=1S/C45H78N2O32/c1-13-23(56)27(60)31(64)41(70-13)78-37-21(46-15(3)54)39(74-19(7-50)35(37)76-43-33(66)29(62)25(58)17(5-48)72-43)68-11-45(9-52,10-53)12-69-40-22(47-16(4)55)38(79-42-32(65)28(61)24(57)14(2)71-42)36(20(8-51)75-40)77-44-34(67)30(63)26(59)18(6-49)73-44/h13-14,17-44,48-53,56-67H,5-12H2,1-4H3,(H,46,54)(H,47,55)/t13-,14-,17+,18+,19+,20+,21+,22+,23+,24+,25-,26-,27+,28+,29-,30-,31-,32-,33+,34+,35+,36+,37+,38+,39+,40+,41-,42-,43-,44-/m0/s1. The fourth-order valence-electron chi connectivity index (χ4n) is 9.84. The third-order valence-corrected chi connectivity index (χ3v) is 14.6. The van der Waals surface area contributed by atoms with E-state index in [1.807, 2.05) is 0 Å². The van der Waals surface area contributed by atoms with E-state index in [1.54, 1.807) is 0 Å². The molecule has 6 heterocycles. The molecule has 0 unspecified atom stereocenters. The molecule has 2 amide bonds. The molecule has 34 nitrogen and oxygen atoms in total. The van der Waals surface area contributed by atoms with Gasteiger partial charge in [0.1, 0.15) is 134 Å². The highest BCUT2D eigenvalue weighted by atomic mass is 16.8. The maximum absolute atomic E-state index is 13.0. The number of aliphatic hydroxyl groups excluding tert-OH is 18. The minimum atomic E-state index is -2.05. The second kappa shape index (κ2) is 28.5. The number of aliphatic hydroxyl groups is 18. The van der Waals surface area contributed by atoms with Crippen LogP contribution >= 0.6 is 0 Å². The Bertz CT molecular complexity index is 1770. The Kier molecular flexibility index (Phi) is 23.8. The van der Waals surface area contributed by atoms with Crippen LogP contribution in [0.3, 0.4) is 0 Å². The van der Waals surface area contributed by atoms with Crippen LogP contribution < -0.4 is 10.6 Å². The third-order valence-electron chi connectivity index (χ3n) is 14.6. The number of rotatable bonds is 22. The predicted octanol–water partition coefficient (Wildman–Crippen LogP) is -12.8. The Labute approximate surface area is 450 Å². The molecular formula is C45H78N2O32. The van der Waals surface area contributed by atoms with E-state index in [2.05, 4.69) is 10.6 Å². The van der Waals surface area contributed by atoms with E-state index < -0.39 is 254 Å². The van der Waals surface area contributed by atoms with Crippen molar-refractivity contribution in [3.63, 3.8) is 0 Å². The zero-order valence-corrected chi connectivity index (χ0v) is 43.2. The Balaban J connectivity index is 1.31. The van der Waals surface area contributed by atoms with E-state index in [1.165, 1.54) is 13.8 Å². The lowest BCUT2D eigenvalue weighted by atomic mass is 9.91. The maximum Gasteiger partial charge on any atom is 0.217 e. The predicted molar refractivity (Wildman–Crippen MR) is 247 cm³/mol. The van der Waals surface area contributed by atoms with Crippen molar-refractivity contribution < 1.29 is 158 Å². The van der Waals surface area contributed by atoms with Gasteiger partial charge in [0.2, 0.25) is 11.8 Å². The van der Waals surface area contributed by atoms with E-state index in [4.69, 9.17) is 56.8 Å². The van der Waals surface area contributed by atoms with Gasteiger partial charge < -0.3 is 159 Å². The lowest BCUT2D eigenvalue weighted by Gasteiger charge is -2.51. The first-order chi connectivity index (χ1) is 37.3. The van der Waals surface area contributed by atoms with Crippen LogP contribution in [-0.2, 0) is 66.4 Å². The molecule has 6 rings (SSSR count). The second-order valence-electron chi connectivity index (χ2n) is 20.5. The topological polar surface area (TPSA) is 533 Å². The van der Waals surface area contributed by atoms with Crippen LogP contribution in [0.1, 0.15) is 27.7 Å². The molecule has 6 fully saturated rings. The highest BCUT2D eigenvalue weighted by molar-refractivity contribution is 5.73. The van der Waals surface area contributed by atoms with Crippen molar-refractivity contribution in [2.24, 2.45) is 5.41 Å². The highest BCUT2D eigenvalue weighted by Gasteiger charge is 2.58. The van der Waals surface area contributed by atoms with Gasteiger partial charge in [-0.1, -0.05) is 0 Å². The smallest absolute Gasteiger partial charge is 0.217 e. The molecule has 0 bridgehead atoms. The largest absolute Gasteiger partial charge is 0.396 e. The van der Waals surface area contributed by atoms with E-state index >= 15 is 0 Å². The number of nitrogens with one attached hydrogen (secondary N) is 2. The SMILES string of the molecule is CC(=O)N[C@H]1[C@H](OCC(CO)(CO)CO[C@@H]2O[C@H](CO)[C@@H](O[C@@H]3O[C@H](CO)[C@H](O)[C@H](O)[C@H]3O)[C@H](O[C@@H]3O[C@@H](C)[C@@H](O)[C@@H](O)[C@@H]3O)[C@H]2NC(C)=O)O[C@H](CO)[C@@H](O[C@@H]2O[C@H](CO)[C@H](O)[C@H](O)[C@H]2O)[C@@H]1O[C@@H]1O[C@@H](C)[C@@H](O)[C@@H](O)[C@@H]1O. The van der Waals surface area contributed by atoms with Crippen LogP contribution in [0.2, 0.25) is 0 Å². The number of ether oxygens (including phenoxy) is 12. The van der Waals surface area contributed by atoms with Gasteiger partial charge >= 0.3 is 0 Å². The average molecular weight is 1160 g/mol. The van der Waals surface area contributed by atoms with Crippen LogP contribution in [0.5, 0.6) is 0 Å². The molecule has 79 heavy (non-hydrogen) atoms. The van der Waals surface area contributed by atoms with Gasteiger partial charge in [0.15, 0.2) is 37.7 Å². The quantitative estimate of drug-likeness (QED) is 0.0479. The molecule has 0 spiro atoms. The molecule has 460 valence electrons. The summed E-state index contributed by atoms with van der Waals surface area (Å²) in [5.74, 6) is -1.65. The second-order valence-corrected chi connectivity index (χ2v) is 20.5. The van der Waals surface area contributed by atoms with Gasteiger partial charge in [-0.05, 0) is 13.8 Å². The number of carbonyl (C=O) groups is 2. The summed E-state index contributed by atoms with van der Waals surface area (Å²) in [4.78, 5) is 26.0. The molecule has 20 N–H and O–H groups in total. The van der Waals surface area contributed by atoms with Crippen molar-refractivity contribution in [3.05, 3.63) is 0 Å². The molecule has 34 heteroatoms. The monoisotopic (exact) mass is 1160 g/mol. The van der Waals surface area contributed by atoms with Gasteiger partial charge in [-0.3, -0.25) is 9.59 Å². The maximum atomic E-state index is 13.0. The molecule has 6 aliphatic heterocycles. The van der Waals surface area contributed by atoms with Crippen LogP contribution in [0.4, 0.5) is 0 Å². The van der Waals surface area contributed by atoms with Crippen molar-refractivity contribution >= 4 is 11.8 Å². The molecule has 0 radical (unpaired) electrons. The van der Waals surface area contributed by atoms with E-state index in [9.17, 15) is 102 Å². The lowest BCUT2D eigenvalue weighted by Crippen LogP contribution is -2.70. The van der Waals surface area contributed by atoms with E-state index in [0.717, 1.165) is 13.8 Å². The van der Waals surface area contributed by atoms with Gasteiger partial charge in [-0.25, -0.2) is 0 Å². The van der Waals surface area contributed by atoms with E-state index in [0.29, 0.717) is 0 Å². The summed E-state index contributed by atoms with van der Waals surface area (Å²) in [6, 6.07) is -3.40. The van der Waals surface area contributed by atoms with Gasteiger partial charge in [0, 0.05) is 13.8 Å². The van der Waals surface area contributed by atoms with Gasteiger partial charge in [0.25, 0.3) is 0 Å². The highest BCUT2D eigenvalue weighted by Crippen LogP contribution is 2.38. The van der Waals surface area contributed by atoms with Crippen LogP contribution in [0, 0.1) is 5.41 Å². The Morgan fingerprint density at radius 3 is 0.949 bits per heavy atom. The lowest BCUT2D eigenvalue weighted by molar-refractivity contribution is -0.377. The number of hydrogen-bond donors (Lipinski definition) is 20. The normalized spacial score (nSPS) is 47.1. The summed E-state index contributed by atoms with van der Waals surface area (Å²) in [5.41, 5.74) is -2.01. The number of amides is 2. The molecule has 6 saturated heterocycles. The zero-order valence-electron chi connectivity index (χ0n) is 43.2. The summed E-state index contributed by atoms with van der Waals surface area (Å²) in [6.07, 6.45) is -50.3. The Hall–Kier alpha value is -2.26. The number of carbonyl (C=O) groups excluding carboxylic acids is 2. The van der Waals surface area contributed by atoms with Gasteiger partial charge in [-0.15, -0.1) is 0 Å². The summed E-state index contributed by atoms with van der Waals surface area (Å²) in [6.45, 7) is -2.88. The fourth-order valence-corrected chi connectivity index (χ4v) is 9.84. The third kappa shape index (κ3) is 14.6. The van der Waals surface area contributed by atoms with Crippen LogP contribution in [0.25, 0.3) is 0 Å². The van der Waals surface area contributed by atoms with Gasteiger partial charge in [-0.2, -0.15) is 0 Å². The first kappa shape index (κ1) is 65.9. The average Bonchev–Trinajstić information content (AvgIpc) is 3.52. The molecule has 30 atom stereocenters. The Morgan fingerprint density at radius 1 is 0.380 bits per heavy atom. The van der Waals surface area contributed by atoms with Crippen LogP contribution in [0.15, 0.2) is 0 Å². The fraction of sp³-hybridized carbons (Fsp3) is 0.956. The molecule has 0 aromatic rings. The number of hydrogen-bond acceptors (Lipinski definition) is 32. The van der Waals surface area contributed by atoms with Gasteiger partial charge in [0.05, 0.1) is 70.5 Å². The van der Waals surface area contributed by atoms with Crippen molar-refractivity contribution in [1.29, 1.82) is 0 Å². The first-order valence-electron chi connectivity index (χ1n) is 25.4. The minimum Gasteiger partial charge on any atom is -0.396 e. The van der Waals surface area contributed by atoms with Crippen molar-refractivity contribution in [1.82, 2.24) is 10.6 Å². The minimum absolute atomic E-state index is 0.827. The molecule has 6 aliphatic rings.